The normalized spacial score (nSPS) is 29.9. The van der Waals surface area contributed by atoms with Gasteiger partial charge in [-0.1, -0.05) is 18.7 Å². The van der Waals surface area contributed by atoms with Gasteiger partial charge in [-0.2, -0.15) is 0 Å². The first kappa shape index (κ1) is 29.7. The molecule has 7 unspecified atom stereocenters. The van der Waals surface area contributed by atoms with E-state index in [1.807, 2.05) is 0 Å². The lowest BCUT2D eigenvalue weighted by molar-refractivity contribution is -0.176. The van der Waals surface area contributed by atoms with E-state index in [2.05, 4.69) is 6.58 Å². The van der Waals surface area contributed by atoms with Gasteiger partial charge < -0.3 is 29.2 Å². The molecule has 0 radical (unpaired) electrons. The Morgan fingerprint density at radius 3 is 2.17 bits per heavy atom. The molecule has 2 fully saturated rings. The zero-order chi connectivity index (χ0) is 27.6. The predicted octanol–water partition coefficient (Wildman–Crippen LogP) is 2.93. The quantitative estimate of drug-likeness (QED) is 0.150. The molecule has 7 atom stereocenters. The van der Waals surface area contributed by atoms with E-state index >= 15 is 0 Å². The Hall–Kier alpha value is -2.49. The third kappa shape index (κ3) is 6.63. The van der Waals surface area contributed by atoms with Crippen molar-refractivity contribution in [3.05, 3.63) is 35.5 Å². The summed E-state index contributed by atoms with van der Waals surface area (Å²) in [7, 11) is 0. The first-order chi connectivity index (χ1) is 16.6. The average molecular weight is 509 g/mol. The van der Waals surface area contributed by atoms with Gasteiger partial charge in [0.1, 0.15) is 17.8 Å². The summed E-state index contributed by atoms with van der Waals surface area (Å²) in [4.78, 5) is 36.9. The number of ether oxygens (including phenoxy) is 4. The number of aliphatic hydroxyl groups excluding tert-OH is 1. The van der Waals surface area contributed by atoms with E-state index in [1.54, 1.807) is 46.8 Å². The molecule has 36 heavy (non-hydrogen) atoms. The van der Waals surface area contributed by atoms with E-state index in [9.17, 15) is 24.6 Å². The summed E-state index contributed by atoms with van der Waals surface area (Å²) in [5.41, 5.74) is -1.22. The minimum absolute atomic E-state index is 0.140. The smallest absolute Gasteiger partial charge is 0.333 e. The predicted molar refractivity (Wildman–Crippen MR) is 132 cm³/mol. The van der Waals surface area contributed by atoms with Gasteiger partial charge in [-0.25, -0.2) is 9.59 Å². The number of hydrogen-bond acceptors (Lipinski definition) is 9. The molecular weight excluding hydrogens is 468 g/mol. The van der Waals surface area contributed by atoms with Crippen LogP contribution in [0.3, 0.4) is 0 Å². The molecular formula is C27H40O9. The standard InChI is InChI=1S/C27H40O9/c1-10-14(3)24(30)34-20(26(7,8)32)13-19(29)16(5)18-12-21-27(9,36-21)23(22(18)33-17(6)28)35-25(31)15(4)11-2/h10-11,18-23,29,32H,5,12-13H2,1-4,6-9H3. The molecule has 1 heterocycles. The van der Waals surface area contributed by atoms with Gasteiger partial charge in [0.25, 0.3) is 0 Å². The van der Waals surface area contributed by atoms with Crippen LogP contribution in [0.5, 0.6) is 0 Å². The van der Waals surface area contributed by atoms with Gasteiger partial charge in [0, 0.05) is 30.4 Å². The highest BCUT2D eigenvalue weighted by Crippen LogP contribution is 2.53. The summed E-state index contributed by atoms with van der Waals surface area (Å²) in [5.74, 6) is -2.35. The molecule has 9 heteroatoms. The first-order valence-electron chi connectivity index (χ1n) is 12.2. The molecule has 2 N–H and O–H groups in total. The number of rotatable bonds is 10. The summed E-state index contributed by atoms with van der Waals surface area (Å²) >= 11 is 0. The fourth-order valence-corrected chi connectivity index (χ4v) is 4.34. The maximum atomic E-state index is 12.6. The molecule has 0 aromatic rings. The third-order valence-corrected chi connectivity index (χ3v) is 7.13. The van der Waals surface area contributed by atoms with Crippen molar-refractivity contribution in [3.8, 4) is 0 Å². The summed E-state index contributed by atoms with van der Waals surface area (Å²) in [6, 6.07) is 0. The van der Waals surface area contributed by atoms with Crippen molar-refractivity contribution in [1.29, 1.82) is 0 Å². The van der Waals surface area contributed by atoms with Gasteiger partial charge in [0.15, 0.2) is 6.10 Å². The monoisotopic (exact) mass is 508 g/mol. The van der Waals surface area contributed by atoms with E-state index in [4.69, 9.17) is 18.9 Å². The van der Waals surface area contributed by atoms with Crippen LogP contribution < -0.4 is 0 Å². The number of aliphatic hydroxyl groups is 2. The zero-order valence-electron chi connectivity index (χ0n) is 22.5. The second-order valence-electron chi connectivity index (χ2n) is 10.3. The van der Waals surface area contributed by atoms with Crippen molar-refractivity contribution >= 4 is 17.9 Å². The lowest BCUT2D eigenvalue weighted by Crippen LogP contribution is -2.54. The van der Waals surface area contributed by atoms with E-state index < -0.39 is 59.4 Å². The highest BCUT2D eigenvalue weighted by atomic mass is 16.7. The number of epoxide rings is 1. The Bertz CT molecular complexity index is 941. The second-order valence-corrected chi connectivity index (χ2v) is 10.3. The van der Waals surface area contributed by atoms with Gasteiger partial charge in [-0.15, -0.1) is 0 Å². The topological polar surface area (TPSA) is 132 Å². The average Bonchev–Trinajstić information content (AvgIpc) is 3.47. The molecule has 0 spiro atoms. The minimum atomic E-state index is -1.45. The van der Waals surface area contributed by atoms with Crippen LogP contribution in [-0.2, 0) is 33.3 Å². The number of carbonyl (C=O) groups is 3. The Morgan fingerprint density at radius 2 is 1.67 bits per heavy atom. The molecule has 2 aliphatic rings. The number of hydrogen-bond donors (Lipinski definition) is 2. The highest BCUT2D eigenvalue weighted by molar-refractivity contribution is 5.88. The molecule has 1 aliphatic carbocycles. The number of fused-ring (bicyclic) bond motifs is 1. The number of esters is 3. The maximum absolute atomic E-state index is 12.6. The lowest BCUT2D eigenvalue weighted by Gasteiger charge is -2.40. The van der Waals surface area contributed by atoms with Gasteiger partial charge in [0.05, 0.1) is 17.8 Å². The lowest BCUT2D eigenvalue weighted by atomic mass is 9.73. The zero-order valence-corrected chi connectivity index (χ0v) is 22.5. The van der Waals surface area contributed by atoms with Crippen LogP contribution in [0.25, 0.3) is 0 Å². The SMILES string of the molecule is C=C(C(O)CC(OC(=O)C(C)=CC)C(C)(C)O)C1CC2OC2(C)C(OC(=O)C(C)=CC)C1OC(C)=O. The second kappa shape index (κ2) is 11.3. The molecule has 0 aromatic carbocycles. The number of carbonyl (C=O) groups excluding carboxylic acids is 3. The molecule has 1 saturated carbocycles. The third-order valence-electron chi connectivity index (χ3n) is 7.13. The van der Waals surface area contributed by atoms with Crippen molar-refractivity contribution in [2.75, 3.05) is 0 Å². The van der Waals surface area contributed by atoms with Gasteiger partial charge >= 0.3 is 17.9 Å². The van der Waals surface area contributed by atoms with Crippen molar-refractivity contribution in [2.45, 2.75) is 110 Å². The van der Waals surface area contributed by atoms with Crippen molar-refractivity contribution < 1.29 is 43.5 Å². The summed E-state index contributed by atoms with van der Waals surface area (Å²) in [6.45, 7) is 16.7. The molecule has 202 valence electrons. The van der Waals surface area contributed by atoms with E-state index in [0.29, 0.717) is 23.1 Å². The summed E-state index contributed by atoms with van der Waals surface area (Å²) in [6.07, 6.45) is -0.975. The van der Waals surface area contributed by atoms with Crippen molar-refractivity contribution in [2.24, 2.45) is 5.92 Å². The molecule has 9 nitrogen and oxygen atoms in total. The van der Waals surface area contributed by atoms with Crippen molar-refractivity contribution in [1.82, 2.24) is 0 Å². The summed E-state index contributed by atoms with van der Waals surface area (Å²) < 4.78 is 22.7. The molecule has 1 aliphatic heterocycles. The van der Waals surface area contributed by atoms with Gasteiger partial charge in [0.2, 0.25) is 0 Å². The Labute approximate surface area is 213 Å². The largest absolute Gasteiger partial charge is 0.458 e. The Kier molecular flexibility index (Phi) is 9.31. The van der Waals surface area contributed by atoms with E-state index in [0.717, 1.165) is 0 Å². The molecule has 0 bridgehead atoms. The maximum Gasteiger partial charge on any atom is 0.333 e. The number of allylic oxidation sites excluding steroid dienone is 2. The van der Waals surface area contributed by atoms with E-state index in [1.165, 1.54) is 20.8 Å². The highest BCUT2D eigenvalue weighted by Gasteiger charge is 2.68. The van der Waals surface area contributed by atoms with Crippen LogP contribution in [0.1, 0.15) is 68.2 Å². The fourth-order valence-electron chi connectivity index (χ4n) is 4.34. The van der Waals surface area contributed by atoms with Crippen molar-refractivity contribution in [3.63, 3.8) is 0 Å². The molecule has 2 rings (SSSR count). The Balaban J connectivity index is 2.31. The molecule has 1 saturated heterocycles. The molecule has 0 aromatic heterocycles. The molecule has 0 amide bonds. The van der Waals surface area contributed by atoms with Crippen LogP contribution in [0.15, 0.2) is 35.5 Å². The fraction of sp³-hybridized carbons (Fsp3) is 0.667. The van der Waals surface area contributed by atoms with E-state index in [-0.39, 0.29) is 12.5 Å². The van der Waals surface area contributed by atoms with Crippen LogP contribution >= 0.6 is 0 Å². The Morgan fingerprint density at radius 1 is 1.11 bits per heavy atom. The first-order valence-corrected chi connectivity index (χ1v) is 12.2. The van der Waals surface area contributed by atoms with Crippen LogP contribution in [0.2, 0.25) is 0 Å². The van der Waals surface area contributed by atoms with Crippen LogP contribution in [0.4, 0.5) is 0 Å². The van der Waals surface area contributed by atoms with Crippen LogP contribution in [-0.4, -0.2) is 69.8 Å². The minimum Gasteiger partial charge on any atom is -0.458 e. The van der Waals surface area contributed by atoms with Gasteiger partial charge in [-0.05, 0) is 60.5 Å². The van der Waals surface area contributed by atoms with Gasteiger partial charge in [-0.3, -0.25) is 4.79 Å². The summed E-state index contributed by atoms with van der Waals surface area (Å²) in [5, 5.41) is 21.7. The van der Waals surface area contributed by atoms with Crippen LogP contribution in [0, 0.1) is 5.92 Å².